The van der Waals surface area contributed by atoms with Gasteiger partial charge in [-0.1, -0.05) is 24.8 Å². The van der Waals surface area contributed by atoms with Crippen LogP contribution >= 0.6 is 0 Å². The Balaban J connectivity index is 0.000000980. The first kappa shape index (κ1) is 11.2. The van der Waals surface area contributed by atoms with Gasteiger partial charge in [-0.25, -0.2) is 4.58 Å². The molecule has 2 rings (SSSR count). The van der Waals surface area contributed by atoms with Crippen molar-refractivity contribution < 1.29 is 21.6 Å². The topological polar surface area (TPSA) is 3.01 Å². The SMILES string of the molecule is C=CC[N+]1=Cc2ccccc2CC1.[Br-]. The summed E-state index contributed by atoms with van der Waals surface area (Å²) in [5.41, 5.74) is 2.82. The van der Waals surface area contributed by atoms with Gasteiger partial charge in [0.05, 0.1) is 0 Å². The molecule has 74 valence electrons. The number of fused-ring (bicyclic) bond motifs is 1. The van der Waals surface area contributed by atoms with E-state index in [2.05, 4.69) is 41.6 Å². The average Bonchev–Trinajstić information content (AvgIpc) is 2.18. The van der Waals surface area contributed by atoms with Gasteiger partial charge >= 0.3 is 0 Å². The second-order valence-corrected chi connectivity index (χ2v) is 3.36. The van der Waals surface area contributed by atoms with Crippen LogP contribution in [0.3, 0.4) is 0 Å². The first-order valence-corrected chi connectivity index (χ1v) is 4.68. The number of hydrogen-bond acceptors (Lipinski definition) is 0. The molecule has 0 unspecified atom stereocenters. The van der Waals surface area contributed by atoms with E-state index in [1.165, 1.54) is 11.1 Å². The van der Waals surface area contributed by atoms with Crippen LogP contribution in [0.5, 0.6) is 0 Å². The maximum absolute atomic E-state index is 3.75. The van der Waals surface area contributed by atoms with Crippen molar-refractivity contribution in [1.29, 1.82) is 0 Å². The Morgan fingerprint density at radius 3 is 2.93 bits per heavy atom. The highest BCUT2D eigenvalue weighted by Crippen LogP contribution is 2.10. The van der Waals surface area contributed by atoms with E-state index in [1.807, 2.05) is 6.08 Å². The molecule has 14 heavy (non-hydrogen) atoms. The molecule has 0 amide bonds. The molecule has 0 saturated heterocycles. The first-order chi connectivity index (χ1) is 6.40. The van der Waals surface area contributed by atoms with Crippen LogP contribution in [0.1, 0.15) is 11.1 Å². The van der Waals surface area contributed by atoms with Gasteiger partial charge in [0.25, 0.3) is 0 Å². The van der Waals surface area contributed by atoms with Gasteiger partial charge in [0.2, 0.25) is 0 Å². The summed E-state index contributed by atoms with van der Waals surface area (Å²) in [6.45, 7) is 5.82. The Morgan fingerprint density at radius 1 is 1.36 bits per heavy atom. The lowest BCUT2D eigenvalue weighted by Gasteiger charge is -2.10. The highest BCUT2D eigenvalue weighted by atomic mass is 79.9. The van der Waals surface area contributed by atoms with Gasteiger partial charge in [-0.05, 0) is 17.7 Å². The smallest absolute Gasteiger partial charge is 0.171 e. The van der Waals surface area contributed by atoms with Gasteiger partial charge in [-0.2, -0.15) is 0 Å². The van der Waals surface area contributed by atoms with Crippen molar-refractivity contribution in [3.63, 3.8) is 0 Å². The molecule has 1 aromatic carbocycles. The molecule has 0 saturated carbocycles. The van der Waals surface area contributed by atoms with E-state index in [0.717, 1.165) is 19.5 Å². The molecule has 0 bridgehead atoms. The number of benzene rings is 1. The normalized spacial score (nSPS) is 13.6. The molecule has 0 radical (unpaired) electrons. The molecule has 1 aliphatic heterocycles. The molecule has 0 fully saturated rings. The minimum Gasteiger partial charge on any atom is -1.00 e. The van der Waals surface area contributed by atoms with Crippen LogP contribution in [0.4, 0.5) is 0 Å². The summed E-state index contributed by atoms with van der Waals surface area (Å²) in [6, 6.07) is 8.57. The molecule has 0 aromatic heterocycles. The van der Waals surface area contributed by atoms with Crippen LogP contribution < -0.4 is 17.0 Å². The standard InChI is InChI=1S/C12H14N.BrH/c1-2-8-13-9-7-11-5-3-4-6-12(11)10-13;/h2-6,10H,1,7-9H2;1H/q+1;/p-1. The van der Waals surface area contributed by atoms with Crippen molar-refractivity contribution in [2.24, 2.45) is 0 Å². The molecule has 1 nitrogen and oxygen atoms in total. The fourth-order valence-corrected chi connectivity index (χ4v) is 1.72. The highest BCUT2D eigenvalue weighted by Gasteiger charge is 2.12. The minimum atomic E-state index is 0. The van der Waals surface area contributed by atoms with Crippen LogP contribution in [-0.4, -0.2) is 23.9 Å². The minimum absolute atomic E-state index is 0. The van der Waals surface area contributed by atoms with Crippen LogP contribution in [0, 0.1) is 0 Å². The zero-order valence-electron chi connectivity index (χ0n) is 8.12. The Hall–Kier alpha value is -0.890. The molecule has 1 heterocycles. The third-order valence-corrected chi connectivity index (χ3v) is 2.41. The summed E-state index contributed by atoms with van der Waals surface area (Å²) >= 11 is 0. The summed E-state index contributed by atoms with van der Waals surface area (Å²) in [5, 5.41) is 0. The van der Waals surface area contributed by atoms with Crippen molar-refractivity contribution in [2.45, 2.75) is 6.42 Å². The van der Waals surface area contributed by atoms with E-state index >= 15 is 0 Å². The predicted octanol–water partition coefficient (Wildman–Crippen LogP) is -1.14. The lowest BCUT2D eigenvalue weighted by atomic mass is 10.0. The maximum Gasteiger partial charge on any atom is 0.171 e. The van der Waals surface area contributed by atoms with Crippen molar-refractivity contribution in [3.05, 3.63) is 48.0 Å². The van der Waals surface area contributed by atoms with Gasteiger partial charge < -0.3 is 17.0 Å². The molecular weight excluding hydrogens is 238 g/mol. The monoisotopic (exact) mass is 251 g/mol. The zero-order chi connectivity index (χ0) is 9.10. The summed E-state index contributed by atoms with van der Waals surface area (Å²) in [7, 11) is 0. The second kappa shape index (κ2) is 5.11. The third kappa shape index (κ3) is 2.32. The van der Waals surface area contributed by atoms with Gasteiger partial charge in [0.1, 0.15) is 6.54 Å². The third-order valence-electron chi connectivity index (χ3n) is 2.41. The molecule has 0 spiro atoms. The first-order valence-electron chi connectivity index (χ1n) is 4.68. The second-order valence-electron chi connectivity index (χ2n) is 3.36. The number of nitrogens with zero attached hydrogens (tertiary/aromatic N) is 1. The number of rotatable bonds is 2. The Kier molecular flexibility index (Phi) is 4.08. The molecule has 0 aliphatic carbocycles. The van der Waals surface area contributed by atoms with Crippen molar-refractivity contribution in [2.75, 3.05) is 13.1 Å². The zero-order valence-corrected chi connectivity index (χ0v) is 9.70. The molecule has 2 heteroatoms. The van der Waals surface area contributed by atoms with E-state index in [1.54, 1.807) is 0 Å². The predicted molar refractivity (Wildman–Crippen MR) is 55.5 cm³/mol. The average molecular weight is 252 g/mol. The van der Waals surface area contributed by atoms with E-state index < -0.39 is 0 Å². The van der Waals surface area contributed by atoms with Crippen molar-refractivity contribution in [3.8, 4) is 0 Å². The van der Waals surface area contributed by atoms with Gasteiger partial charge in [0.15, 0.2) is 12.8 Å². The largest absolute Gasteiger partial charge is 1.00 e. The Bertz CT molecular complexity index is 355. The van der Waals surface area contributed by atoms with Crippen LogP contribution in [-0.2, 0) is 6.42 Å². The van der Waals surface area contributed by atoms with Crippen LogP contribution in [0.2, 0.25) is 0 Å². The molecule has 0 atom stereocenters. The quantitative estimate of drug-likeness (QED) is 0.462. The summed E-state index contributed by atoms with van der Waals surface area (Å²) in [4.78, 5) is 0. The lowest BCUT2D eigenvalue weighted by molar-refractivity contribution is -0.513. The van der Waals surface area contributed by atoms with Crippen molar-refractivity contribution >= 4 is 6.21 Å². The van der Waals surface area contributed by atoms with Crippen molar-refractivity contribution in [1.82, 2.24) is 0 Å². The summed E-state index contributed by atoms with van der Waals surface area (Å²) in [6.07, 6.45) is 5.32. The van der Waals surface area contributed by atoms with Crippen LogP contribution in [0.15, 0.2) is 36.9 Å². The Morgan fingerprint density at radius 2 is 2.14 bits per heavy atom. The van der Waals surface area contributed by atoms with Crippen LogP contribution in [0.25, 0.3) is 0 Å². The number of hydrogen-bond donors (Lipinski definition) is 0. The van der Waals surface area contributed by atoms with E-state index in [9.17, 15) is 0 Å². The fraction of sp³-hybridized carbons (Fsp3) is 0.250. The van der Waals surface area contributed by atoms with E-state index in [-0.39, 0.29) is 17.0 Å². The summed E-state index contributed by atoms with van der Waals surface area (Å²) in [5.74, 6) is 0. The van der Waals surface area contributed by atoms with Gasteiger partial charge in [-0.3, -0.25) is 0 Å². The molecule has 1 aliphatic rings. The summed E-state index contributed by atoms with van der Waals surface area (Å²) < 4.78 is 2.30. The lowest BCUT2D eigenvalue weighted by Crippen LogP contribution is -3.00. The van der Waals surface area contributed by atoms with E-state index in [0.29, 0.717) is 0 Å². The van der Waals surface area contributed by atoms with Gasteiger partial charge in [0, 0.05) is 12.0 Å². The fourth-order valence-electron chi connectivity index (χ4n) is 1.72. The van der Waals surface area contributed by atoms with Gasteiger partial charge in [-0.15, -0.1) is 0 Å². The molecule has 0 N–H and O–H groups in total. The molecular formula is C12H14BrN. The van der Waals surface area contributed by atoms with E-state index in [4.69, 9.17) is 0 Å². The number of halogens is 1. The Labute approximate surface area is 95.5 Å². The highest BCUT2D eigenvalue weighted by molar-refractivity contribution is 5.78. The molecule has 1 aromatic rings. The maximum atomic E-state index is 3.75.